The van der Waals surface area contributed by atoms with Gasteiger partial charge in [-0.1, -0.05) is 0 Å². The molecule has 0 aromatic heterocycles. The van der Waals surface area contributed by atoms with Gasteiger partial charge >= 0.3 is 0 Å². The highest BCUT2D eigenvalue weighted by atomic mass is 32.2. The summed E-state index contributed by atoms with van der Waals surface area (Å²) in [5.74, 6) is 0. The number of anilines is 1. The zero-order valence-electron chi connectivity index (χ0n) is 11.6. The molecule has 2 aliphatic heterocycles. The highest BCUT2D eigenvalue weighted by Crippen LogP contribution is 2.27. The first-order valence-corrected chi connectivity index (χ1v) is 8.50. The number of hydrogen-bond acceptors (Lipinski definition) is 4. The Morgan fingerprint density at radius 3 is 3.05 bits per heavy atom. The van der Waals surface area contributed by atoms with Crippen molar-refractivity contribution in [1.29, 1.82) is 0 Å². The minimum Gasteiger partial charge on any atom is -0.385 e. The van der Waals surface area contributed by atoms with Gasteiger partial charge in [0, 0.05) is 25.3 Å². The molecule has 1 aromatic carbocycles. The van der Waals surface area contributed by atoms with Crippen molar-refractivity contribution in [2.45, 2.75) is 30.8 Å². The molecule has 5 nitrogen and oxygen atoms in total. The predicted molar refractivity (Wildman–Crippen MR) is 77.4 cm³/mol. The standard InChI is InChI=1S/C14H20N2O3S/c1-11-10-16(7-8-19-11)20(17,18)13-4-5-14-12(9-13)3-2-6-15-14/h4-5,9,11,15H,2-3,6-8,10H2,1H3. The number of rotatable bonds is 2. The van der Waals surface area contributed by atoms with E-state index in [0.717, 1.165) is 30.6 Å². The predicted octanol–water partition coefficient (Wildman–Crippen LogP) is 1.45. The highest BCUT2D eigenvalue weighted by molar-refractivity contribution is 7.89. The topological polar surface area (TPSA) is 58.6 Å². The Balaban J connectivity index is 1.90. The van der Waals surface area contributed by atoms with Gasteiger partial charge in [0.1, 0.15) is 0 Å². The number of nitrogens with zero attached hydrogens (tertiary/aromatic N) is 1. The Morgan fingerprint density at radius 1 is 1.40 bits per heavy atom. The van der Waals surface area contributed by atoms with Crippen LogP contribution in [0.1, 0.15) is 18.9 Å². The van der Waals surface area contributed by atoms with Crippen LogP contribution in [-0.2, 0) is 21.2 Å². The van der Waals surface area contributed by atoms with E-state index in [1.54, 1.807) is 6.07 Å². The van der Waals surface area contributed by atoms with Crippen LogP contribution in [0.15, 0.2) is 23.1 Å². The van der Waals surface area contributed by atoms with E-state index in [4.69, 9.17) is 4.74 Å². The summed E-state index contributed by atoms with van der Waals surface area (Å²) in [5.41, 5.74) is 2.16. The van der Waals surface area contributed by atoms with Gasteiger partial charge in [-0.25, -0.2) is 8.42 Å². The fraction of sp³-hybridized carbons (Fsp3) is 0.571. The molecule has 2 heterocycles. The molecule has 1 aromatic rings. The Bertz CT molecular complexity index is 600. The van der Waals surface area contributed by atoms with Gasteiger partial charge in [0.05, 0.1) is 17.6 Å². The van der Waals surface area contributed by atoms with Crippen LogP contribution in [0.5, 0.6) is 0 Å². The van der Waals surface area contributed by atoms with Gasteiger partial charge in [-0.05, 0) is 43.5 Å². The number of benzene rings is 1. The molecule has 6 heteroatoms. The van der Waals surface area contributed by atoms with Crippen molar-refractivity contribution in [3.8, 4) is 0 Å². The fourth-order valence-corrected chi connectivity index (χ4v) is 4.32. The van der Waals surface area contributed by atoms with Crippen molar-refractivity contribution in [1.82, 2.24) is 4.31 Å². The molecular formula is C14H20N2O3S. The number of sulfonamides is 1. The summed E-state index contributed by atoms with van der Waals surface area (Å²) in [7, 11) is -3.40. The summed E-state index contributed by atoms with van der Waals surface area (Å²) in [6, 6.07) is 5.40. The molecule has 0 aliphatic carbocycles. The third-order valence-corrected chi connectivity index (χ3v) is 5.72. The van der Waals surface area contributed by atoms with Crippen molar-refractivity contribution in [2.24, 2.45) is 0 Å². The number of morpholine rings is 1. The van der Waals surface area contributed by atoms with E-state index in [1.807, 2.05) is 19.1 Å². The van der Waals surface area contributed by atoms with Crippen LogP contribution < -0.4 is 5.32 Å². The first kappa shape index (κ1) is 13.9. The Morgan fingerprint density at radius 2 is 2.25 bits per heavy atom. The van der Waals surface area contributed by atoms with Gasteiger partial charge in [0.25, 0.3) is 0 Å². The van der Waals surface area contributed by atoms with Crippen LogP contribution in [0, 0.1) is 0 Å². The van der Waals surface area contributed by atoms with Crippen molar-refractivity contribution in [3.05, 3.63) is 23.8 Å². The smallest absolute Gasteiger partial charge is 0.243 e. The third kappa shape index (κ3) is 2.55. The first-order chi connectivity index (χ1) is 9.57. The molecule has 1 saturated heterocycles. The molecule has 0 spiro atoms. The van der Waals surface area contributed by atoms with Crippen molar-refractivity contribution < 1.29 is 13.2 Å². The van der Waals surface area contributed by atoms with E-state index >= 15 is 0 Å². The zero-order chi connectivity index (χ0) is 14.2. The van der Waals surface area contributed by atoms with E-state index in [2.05, 4.69) is 5.32 Å². The first-order valence-electron chi connectivity index (χ1n) is 7.06. The summed E-state index contributed by atoms with van der Waals surface area (Å²) in [6.45, 7) is 4.19. The molecule has 20 heavy (non-hydrogen) atoms. The average molecular weight is 296 g/mol. The molecule has 0 bridgehead atoms. The number of fused-ring (bicyclic) bond motifs is 1. The quantitative estimate of drug-likeness (QED) is 0.897. The van der Waals surface area contributed by atoms with Crippen molar-refractivity contribution in [2.75, 3.05) is 31.6 Å². The van der Waals surface area contributed by atoms with Crippen LogP contribution in [0.25, 0.3) is 0 Å². The summed E-state index contributed by atoms with van der Waals surface area (Å²) in [5, 5.41) is 3.30. The lowest BCUT2D eigenvalue weighted by molar-refractivity contribution is 0.0102. The van der Waals surface area contributed by atoms with E-state index < -0.39 is 10.0 Å². The van der Waals surface area contributed by atoms with E-state index in [1.165, 1.54) is 4.31 Å². The highest BCUT2D eigenvalue weighted by Gasteiger charge is 2.29. The van der Waals surface area contributed by atoms with Crippen LogP contribution in [-0.4, -0.2) is 45.1 Å². The number of ether oxygens (including phenoxy) is 1. The molecular weight excluding hydrogens is 276 g/mol. The van der Waals surface area contributed by atoms with Gasteiger partial charge in [-0.15, -0.1) is 0 Å². The molecule has 0 radical (unpaired) electrons. The lowest BCUT2D eigenvalue weighted by atomic mass is 10.0. The molecule has 1 atom stereocenters. The molecule has 3 rings (SSSR count). The monoisotopic (exact) mass is 296 g/mol. The maximum Gasteiger partial charge on any atom is 0.243 e. The average Bonchev–Trinajstić information content (AvgIpc) is 2.46. The Labute approximate surface area is 120 Å². The maximum atomic E-state index is 12.7. The normalized spacial score (nSPS) is 23.9. The summed E-state index contributed by atoms with van der Waals surface area (Å²) < 4.78 is 32.3. The SMILES string of the molecule is CC1CN(S(=O)(=O)c2ccc3c(c2)CCCN3)CCO1. The summed E-state index contributed by atoms with van der Waals surface area (Å²) in [6.07, 6.45) is 1.94. The van der Waals surface area contributed by atoms with Crippen LogP contribution in [0.3, 0.4) is 0 Å². The van der Waals surface area contributed by atoms with Gasteiger partial charge in [-0.2, -0.15) is 4.31 Å². The second kappa shape index (κ2) is 5.35. The van der Waals surface area contributed by atoms with E-state index in [9.17, 15) is 8.42 Å². The zero-order valence-corrected chi connectivity index (χ0v) is 12.4. The minimum atomic E-state index is -3.40. The second-order valence-electron chi connectivity index (χ2n) is 5.39. The van der Waals surface area contributed by atoms with E-state index in [0.29, 0.717) is 24.6 Å². The molecule has 110 valence electrons. The lowest BCUT2D eigenvalue weighted by Gasteiger charge is -2.30. The minimum absolute atomic E-state index is 0.0437. The summed E-state index contributed by atoms with van der Waals surface area (Å²) >= 11 is 0. The van der Waals surface area contributed by atoms with Gasteiger partial charge < -0.3 is 10.1 Å². The molecule has 0 saturated carbocycles. The van der Waals surface area contributed by atoms with Crippen LogP contribution in [0.2, 0.25) is 0 Å². The van der Waals surface area contributed by atoms with Crippen LogP contribution in [0.4, 0.5) is 5.69 Å². The van der Waals surface area contributed by atoms with Crippen LogP contribution >= 0.6 is 0 Å². The summed E-state index contributed by atoms with van der Waals surface area (Å²) in [4.78, 5) is 0.397. The molecule has 1 N–H and O–H groups in total. The van der Waals surface area contributed by atoms with Crippen molar-refractivity contribution in [3.63, 3.8) is 0 Å². The number of aryl methyl sites for hydroxylation is 1. The largest absolute Gasteiger partial charge is 0.385 e. The molecule has 0 amide bonds. The van der Waals surface area contributed by atoms with Gasteiger partial charge in [-0.3, -0.25) is 0 Å². The molecule has 1 fully saturated rings. The third-order valence-electron chi connectivity index (χ3n) is 3.86. The number of hydrogen-bond donors (Lipinski definition) is 1. The van der Waals surface area contributed by atoms with Crippen molar-refractivity contribution >= 4 is 15.7 Å². The second-order valence-corrected chi connectivity index (χ2v) is 7.33. The number of nitrogens with one attached hydrogen (secondary N) is 1. The van der Waals surface area contributed by atoms with Gasteiger partial charge in [0.15, 0.2) is 0 Å². The molecule has 1 unspecified atom stereocenters. The Hall–Kier alpha value is -1.11. The van der Waals surface area contributed by atoms with E-state index in [-0.39, 0.29) is 6.10 Å². The maximum absolute atomic E-state index is 12.7. The fourth-order valence-electron chi connectivity index (χ4n) is 2.77. The van der Waals surface area contributed by atoms with Gasteiger partial charge in [0.2, 0.25) is 10.0 Å². The molecule has 2 aliphatic rings. The Kier molecular flexibility index (Phi) is 3.70. The lowest BCUT2D eigenvalue weighted by Crippen LogP contribution is -2.44.